The van der Waals surface area contributed by atoms with Gasteiger partial charge in [0.15, 0.2) is 0 Å². The van der Waals surface area contributed by atoms with Gasteiger partial charge in [-0.15, -0.1) is 0 Å². The van der Waals surface area contributed by atoms with Gasteiger partial charge >= 0.3 is 6.18 Å². The Bertz CT molecular complexity index is 498. The van der Waals surface area contributed by atoms with Gasteiger partial charge in [0.25, 0.3) is 0 Å². The highest BCUT2D eigenvalue weighted by atomic mass is 19.4. The molecule has 1 atom stereocenters. The minimum Gasteiger partial charge on any atom is -0.376 e. The van der Waals surface area contributed by atoms with Crippen LogP contribution in [0.25, 0.3) is 0 Å². The first-order valence-corrected chi connectivity index (χ1v) is 8.03. The van der Waals surface area contributed by atoms with E-state index >= 15 is 0 Å². The van der Waals surface area contributed by atoms with Gasteiger partial charge in [-0.2, -0.15) is 23.4 Å². The number of azo groups is 1. The first-order chi connectivity index (χ1) is 10.9. The van der Waals surface area contributed by atoms with Gasteiger partial charge in [-0.25, -0.2) is 0 Å². The Balaban J connectivity index is 2.03. The molecule has 0 aliphatic heterocycles. The van der Waals surface area contributed by atoms with Crippen LogP contribution in [-0.4, -0.2) is 24.4 Å². The smallest absolute Gasteiger partial charge is 0.376 e. The van der Waals surface area contributed by atoms with Gasteiger partial charge < -0.3 is 4.74 Å². The molecule has 128 valence electrons. The highest BCUT2D eigenvalue weighted by Gasteiger charge is 2.40. The van der Waals surface area contributed by atoms with Crippen molar-refractivity contribution in [3.05, 3.63) is 30.3 Å². The molecule has 1 aliphatic carbocycles. The lowest BCUT2D eigenvalue weighted by Crippen LogP contribution is -2.36. The fourth-order valence-electron chi connectivity index (χ4n) is 2.75. The van der Waals surface area contributed by atoms with E-state index in [0.717, 1.165) is 25.7 Å². The summed E-state index contributed by atoms with van der Waals surface area (Å²) in [6.07, 6.45) is -0.145. The Morgan fingerprint density at radius 3 is 2.35 bits per heavy atom. The monoisotopic (exact) mass is 328 g/mol. The maximum atomic E-state index is 12.9. The van der Waals surface area contributed by atoms with Crippen LogP contribution in [0.5, 0.6) is 0 Å². The normalized spacial score (nSPS) is 19.8. The molecule has 0 amide bonds. The van der Waals surface area contributed by atoms with Crippen LogP contribution in [0, 0.1) is 0 Å². The summed E-state index contributed by atoms with van der Waals surface area (Å²) in [6, 6.07) is 8.78. The van der Waals surface area contributed by atoms with E-state index in [0.29, 0.717) is 5.69 Å². The highest BCUT2D eigenvalue weighted by Crippen LogP contribution is 2.32. The maximum Gasteiger partial charge on any atom is 0.391 e. The summed E-state index contributed by atoms with van der Waals surface area (Å²) in [7, 11) is 0. The molecule has 1 aliphatic rings. The van der Waals surface area contributed by atoms with E-state index in [9.17, 15) is 13.2 Å². The molecule has 1 fully saturated rings. The van der Waals surface area contributed by atoms with Gasteiger partial charge in [0.05, 0.1) is 24.8 Å². The lowest BCUT2D eigenvalue weighted by molar-refractivity contribution is -0.153. The summed E-state index contributed by atoms with van der Waals surface area (Å²) in [5.74, 6) is 0. The molecule has 0 spiro atoms. The summed E-state index contributed by atoms with van der Waals surface area (Å²) >= 11 is 0. The van der Waals surface area contributed by atoms with E-state index in [-0.39, 0.29) is 12.7 Å². The van der Waals surface area contributed by atoms with Crippen LogP contribution in [0.2, 0.25) is 0 Å². The predicted octanol–water partition coefficient (Wildman–Crippen LogP) is 5.83. The predicted molar refractivity (Wildman–Crippen MR) is 82.9 cm³/mol. The Labute approximate surface area is 134 Å². The van der Waals surface area contributed by atoms with E-state index in [1.165, 1.54) is 13.3 Å². The Morgan fingerprint density at radius 1 is 1.09 bits per heavy atom. The van der Waals surface area contributed by atoms with Gasteiger partial charge in [0.1, 0.15) is 5.54 Å². The van der Waals surface area contributed by atoms with Crippen molar-refractivity contribution >= 4 is 5.69 Å². The third-order valence-electron chi connectivity index (χ3n) is 3.93. The van der Waals surface area contributed by atoms with E-state index in [2.05, 4.69) is 10.2 Å². The van der Waals surface area contributed by atoms with Gasteiger partial charge in [-0.3, -0.25) is 0 Å². The molecule has 1 aromatic carbocycles. The Kier molecular flexibility index (Phi) is 6.16. The van der Waals surface area contributed by atoms with Crippen molar-refractivity contribution in [2.75, 3.05) is 6.61 Å². The third-order valence-corrected chi connectivity index (χ3v) is 3.93. The molecule has 0 radical (unpaired) electrons. The Morgan fingerprint density at radius 2 is 1.74 bits per heavy atom. The van der Waals surface area contributed by atoms with Crippen molar-refractivity contribution in [1.82, 2.24) is 0 Å². The number of halogens is 3. The fraction of sp³-hybridized carbons (Fsp3) is 0.647. The topological polar surface area (TPSA) is 34.0 Å². The van der Waals surface area contributed by atoms with Crippen LogP contribution >= 0.6 is 0 Å². The molecule has 0 saturated heterocycles. The first-order valence-electron chi connectivity index (χ1n) is 8.03. The molecule has 23 heavy (non-hydrogen) atoms. The van der Waals surface area contributed by atoms with Gasteiger partial charge in [-0.1, -0.05) is 37.5 Å². The number of rotatable bonds is 6. The molecule has 1 aromatic rings. The average molecular weight is 328 g/mol. The molecule has 3 nitrogen and oxygen atoms in total. The molecular weight excluding hydrogens is 305 g/mol. The lowest BCUT2D eigenvalue weighted by atomic mass is 9.96. The molecule has 0 bridgehead atoms. The standard InChI is InChI=1S/C17H23F3N2O/c1-16(12-17(18,19)20,13-23-15-10-6-3-7-11-15)22-21-14-8-4-2-5-9-14/h2,4-5,8-9,15H,3,6-7,10-13H2,1H3. The number of benzene rings is 1. The van der Waals surface area contributed by atoms with Gasteiger partial charge in [0.2, 0.25) is 0 Å². The van der Waals surface area contributed by atoms with Crippen LogP contribution in [0.15, 0.2) is 40.6 Å². The van der Waals surface area contributed by atoms with Crippen molar-refractivity contribution < 1.29 is 17.9 Å². The van der Waals surface area contributed by atoms with Crippen molar-refractivity contribution in [1.29, 1.82) is 0 Å². The van der Waals surface area contributed by atoms with Crippen molar-refractivity contribution in [3.8, 4) is 0 Å². The molecule has 0 heterocycles. The van der Waals surface area contributed by atoms with E-state index in [1.807, 2.05) is 6.07 Å². The second-order valence-electron chi connectivity index (χ2n) is 6.40. The third kappa shape index (κ3) is 6.69. The minimum atomic E-state index is -4.31. The van der Waals surface area contributed by atoms with Crippen LogP contribution in [0.4, 0.5) is 18.9 Å². The largest absolute Gasteiger partial charge is 0.391 e. The molecular formula is C17H23F3N2O. The summed E-state index contributed by atoms with van der Waals surface area (Å²) in [4.78, 5) is 0. The number of hydrogen-bond acceptors (Lipinski definition) is 3. The van der Waals surface area contributed by atoms with Crippen LogP contribution in [-0.2, 0) is 4.74 Å². The summed E-state index contributed by atoms with van der Waals surface area (Å²) in [6.45, 7) is 1.39. The second-order valence-corrected chi connectivity index (χ2v) is 6.40. The van der Waals surface area contributed by atoms with E-state index < -0.39 is 18.1 Å². The Hall–Kier alpha value is -1.43. The molecule has 0 N–H and O–H groups in total. The molecule has 0 aromatic heterocycles. The van der Waals surface area contributed by atoms with Crippen molar-refractivity contribution in [3.63, 3.8) is 0 Å². The minimum absolute atomic E-state index is 0.0447. The van der Waals surface area contributed by atoms with E-state index in [1.54, 1.807) is 24.3 Å². The summed E-state index contributed by atoms with van der Waals surface area (Å²) < 4.78 is 44.4. The highest BCUT2D eigenvalue weighted by molar-refractivity contribution is 5.34. The average Bonchev–Trinajstić information content (AvgIpc) is 2.52. The van der Waals surface area contributed by atoms with Gasteiger partial charge in [0, 0.05) is 0 Å². The fourth-order valence-corrected chi connectivity index (χ4v) is 2.75. The van der Waals surface area contributed by atoms with Crippen LogP contribution < -0.4 is 0 Å². The molecule has 6 heteroatoms. The molecule has 1 unspecified atom stereocenters. The molecule has 2 rings (SSSR count). The van der Waals surface area contributed by atoms with Crippen LogP contribution in [0.3, 0.4) is 0 Å². The quantitative estimate of drug-likeness (QED) is 0.605. The number of ether oxygens (including phenoxy) is 1. The summed E-state index contributed by atoms with van der Waals surface area (Å²) in [5, 5.41) is 7.95. The van der Waals surface area contributed by atoms with E-state index in [4.69, 9.17) is 4.74 Å². The van der Waals surface area contributed by atoms with Crippen molar-refractivity contribution in [2.45, 2.75) is 63.3 Å². The summed E-state index contributed by atoms with van der Waals surface area (Å²) in [5.41, 5.74) is -0.857. The zero-order valence-electron chi connectivity index (χ0n) is 13.4. The number of alkyl halides is 3. The SMILES string of the molecule is CC(COC1CCCCC1)(CC(F)(F)F)N=Nc1ccccc1. The lowest BCUT2D eigenvalue weighted by Gasteiger charge is -2.29. The van der Waals surface area contributed by atoms with Crippen molar-refractivity contribution in [2.24, 2.45) is 10.2 Å². The zero-order valence-corrected chi connectivity index (χ0v) is 13.4. The number of nitrogens with zero attached hydrogens (tertiary/aromatic N) is 2. The first kappa shape index (κ1) is 17.9. The number of hydrogen-bond donors (Lipinski definition) is 0. The second kappa shape index (κ2) is 7.90. The van der Waals surface area contributed by atoms with Crippen LogP contribution in [0.1, 0.15) is 45.4 Å². The molecule has 1 saturated carbocycles. The van der Waals surface area contributed by atoms with Gasteiger partial charge in [-0.05, 0) is 31.9 Å². The maximum absolute atomic E-state index is 12.9. The zero-order chi connectivity index (χ0) is 16.8.